The first-order valence-corrected chi connectivity index (χ1v) is 7.35. The lowest BCUT2D eigenvalue weighted by Crippen LogP contribution is -2.22. The highest BCUT2D eigenvalue weighted by Crippen LogP contribution is 2.37. The van der Waals surface area contributed by atoms with Gasteiger partial charge in [-0.05, 0) is 32.4 Å². The molecular formula is C15H21N3S. The molecule has 0 aliphatic carbocycles. The maximum Gasteiger partial charge on any atom is 0.0945 e. The third-order valence-corrected chi connectivity index (χ3v) is 4.63. The summed E-state index contributed by atoms with van der Waals surface area (Å²) in [6, 6.07) is 10.8. The van der Waals surface area contributed by atoms with Gasteiger partial charge < -0.3 is 5.73 Å². The largest absolute Gasteiger partial charge is 0.327 e. The van der Waals surface area contributed by atoms with Crippen LogP contribution in [-0.2, 0) is 7.05 Å². The van der Waals surface area contributed by atoms with E-state index in [1.54, 1.807) is 11.8 Å². The average Bonchev–Trinajstić information content (AvgIpc) is 2.64. The summed E-state index contributed by atoms with van der Waals surface area (Å²) in [4.78, 5) is 0. The van der Waals surface area contributed by atoms with Crippen LogP contribution in [0.2, 0.25) is 0 Å². The number of hydrogen-bond acceptors (Lipinski definition) is 3. The first-order valence-electron chi connectivity index (χ1n) is 6.47. The first-order chi connectivity index (χ1) is 8.97. The summed E-state index contributed by atoms with van der Waals surface area (Å²) in [7, 11) is 1.98. The fourth-order valence-corrected chi connectivity index (χ4v) is 3.34. The Kier molecular flexibility index (Phi) is 4.32. The molecule has 3 nitrogen and oxygen atoms in total. The SMILES string of the molecule is Cc1cccc(C(Sc2cc(C)nn2C)C(C)N)c1. The van der Waals surface area contributed by atoms with E-state index < -0.39 is 0 Å². The number of rotatable bonds is 4. The van der Waals surface area contributed by atoms with Crippen LogP contribution in [0, 0.1) is 13.8 Å². The third-order valence-electron chi connectivity index (χ3n) is 3.05. The lowest BCUT2D eigenvalue weighted by atomic mass is 10.0. The Morgan fingerprint density at radius 1 is 1.26 bits per heavy atom. The van der Waals surface area contributed by atoms with Gasteiger partial charge in [0.1, 0.15) is 0 Å². The number of hydrogen-bond donors (Lipinski definition) is 1. The van der Waals surface area contributed by atoms with Crippen LogP contribution in [0.5, 0.6) is 0 Å². The van der Waals surface area contributed by atoms with Crippen LogP contribution in [0.3, 0.4) is 0 Å². The van der Waals surface area contributed by atoms with Gasteiger partial charge in [0.15, 0.2) is 0 Å². The minimum absolute atomic E-state index is 0.0852. The van der Waals surface area contributed by atoms with E-state index in [4.69, 9.17) is 5.73 Å². The maximum absolute atomic E-state index is 6.17. The first kappa shape index (κ1) is 14.2. The van der Waals surface area contributed by atoms with Crippen LogP contribution < -0.4 is 5.73 Å². The zero-order chi connectivity index (χ0) is 14.0. The van der Waals surface area contributed by atoms with Crippen molar-refractivity contribution in [3.05, 3.63) is 47.2 Å². The lowest BCUT2D eigenvalue weighted by Gasteiger charge is -2.21. The van der Waals surface area contributed by atoms with Crippen molar-refractivity contribution >= 4 is 11.8 Å². The van der Waals surface area contributed by atoms with E-state index in [1.807, 2.05) is 18.7 Å². The molecule has 2 N–H and O–H groups in total. The predicted octanol–water partition coefficient (Wildman–Crippen LogP) is 3.22. The minimum Gasteiger partial charge on any atom is -0.327 e. The maximum atomic E-state index is 6.17. The van der Waals surface area contributed by atoms with Crippen molar-refractivity contribution in [2.75, 3.05) is 0 Å². The van der Waals surface area contributed by atoms with Gasteiger partial charge in [0.05, 0.1) is 16.0 Å². The van der Waals surface area contributed by atoms with E-state index in [-0.39, 0.29) is 11.3 Å². The standard InChI is InChI=1S/C15H21N3S/c1-10-6-5-7-13(8-10)15(12(3)16)19-14-9-11(2)17-18(14)4/h5-9,12,15H,16H2,1-4H3. The van der Waals surface area contributed by atoms with Gasteiger partial charge in [-0.15, -0.1) is 0 Å². The molecule has 4 heteroatoms. The topological polar surface area (TPSA) is 43.8 Å². The Morgan fingerprint density at radius 2 is 2.00 bits per heavy atom. The predicted molar refractivity (Wildman–Crippen MR) is 81.4 cm³/mol. The molecule has 0 radical (unpaired) electrons. The van der Waals surface area contributed by atoms with Crippen molar-refractivity contribution in [3.8, 4) is 0 Å². The van der Waals surface area contributed by atoms with E-state index in [0.717, 1.165) is 10.7 Å². The van der Waals surface area contributed by atoms with E-state index in [1.165, 1.54) is 11.1 Å². The summed E-state index contributed by atoms with van der Waals surface area (Å²) in [5, 5.41) is 5.79. The molecule has 0 aliphatic rings. The van der Waals surface area contributed by atoms with E-state index in [2.05, 4.69) is 49.3 Å². The zero-order valence-electron chi connectivity index (χ0n) is 11.9. The highest BCUT2D eigenvalue weighted by molar-refractivity contribution is 7.99. The van der Waals surface area contributed by atoms with Gasteiger partial charge in [-0.1, -0.05) is 41.6 Å². The van der Waals surface area contributed by atoms with E-state index in [9.17, 15) is 0 Å². The van der Waals surface area contributed by atoms with Crippen LogP contribution in [0.4, 0.5) is 0 Å². The van der Waals surface area contributed by atoms with Crippen molar-refractivity contribution in [2.45, 2.75) is 37.1 Å². The minimum atomic E-state index is 0.0852. The van der Waals surface area contributed by atoms with Gasteiger partial charge in [-0.2, -0.15) is 5.10 Å². The normalized spacial score (nSPS) is 14.4. The summed E-state index contributed by atoms with van der Waals surface area (Å²) >= 11 is 1.78. The monoisotopic (exact) mass is 275 g/mol. The Labute approximate surface area is 119 Å². The summed E-state index contributed by atoms with van der Waals surface area (Å²) in [5.41, 5.74) is 9.76. The van der Waals surface area contributed by atoms with Crippen LogP contribution in [0.15, 0.2) is 35.4 Å². The van der Waals surface area contributed by atoms with Crippen LogP contribution in [0.25, 0.3) is 0 Å². The number of thioether (sulfide) groups is 1. The number of nitrogens with zero attached hydrogens (tertiary/aromatic N) is 2. The Morgan fingerprint density at radius 3 is 2.53 bits per heavy atom. The number of nitrogens with two attached hydrogens (primary N) is 1. The molecule has 0 spiro atoms. The Balaban J connectivity index is 2.29. The van der Waals surface area contributed by atoms with Gasteiger partial charge in [-0.25, -0.2) is 0 Å². The van der Waals surface area contributed by atoms with Gasteiger partial charge in [0, 0.05) is 13.1 Å². The average molecular weight is 275 g/mol. The number of aromatic nitrogens is 2. The summed E-state index contributed by atoms with van der Waals surface area (Å²) in [6.07, 6.45) is 0. The molecule has 0 amide bonds. The number of aryl methyl sites for hydroxylation is 3. The molecule has 2 unspecified atom stereocenters. The second-order valence-corrected chi connectivity index (χ2v) is 6.22. The molecular weight excluding hydrogens is 254 g/mol. The molecule has 0 fully saturated rings. The second-order valence-electron chi connectivity index (χ2n) is 5.06. The zero-order valence-corrected chi connectivity index (χ0v) is 12.7. The fraction of sp³-hybridized carbons (Fsp3) is 0.400. The third kappa shape index (κ3) is 3.39. The van der Waals surface area contributed by atoms with Crippen molar-refractivity contribution in [2.24, 2.45) is 12.8 Å². The molecule has 1 aromatic carbocycles. The highest BCUT2D eigenvalue weighted by atomic mass is 32.2. The smallest absolute Gasteiger partial charge is 0.0945 e. The molecule has 2 atom stereocenters. The molecule has 1 heterocycles. The molecule has 0 saturated carbocycles. The van der Waals surface area contributed by atoms with Crippen molar-refractivity contribution in [3.63, 3.8) is 0 Å². The second kappa shape index (κ2) is 5.80. The molecule has 1 aromatic heterocycles. The molecule has 2 aromatic rings. The van der Waals surface area contributed by atoms with Gasteiger partial charge in [-0.3, -0.25) is 4.68 Å². The summed E-state index contributed by atoms with van der Waals surface area (Å²) in [6.45, 7) is 6.18. The quantitative estimate of drug-likeness (QED) is 0.871. The Hall–Kier alpha value is -1.26. The van der Waals surface area contributed by atoms with Crippen molar-refractivity contribution in [1.29, 1.82) is 0 Å². The highest BCUT2D eigenvalue weighted by Gasteiger charge is 2.19. The molecule has 0 aliphatic heterocycles. The molecule has 102 valence electrons. The number of benzene rings is 1. The van der Waals surface area contributed by atoms with Crippen LogP contribution >= 0.6 is 11.8 Å². The van der Waals surface area contributed by atoms with E-state index in [0.29, 0.717) is 0 Å². The van der Waals surface area contributed by atoms with Crippen LogP contribution in [-0.4, -0.2) is 15.8 Å². The van der Waals surface area contributed by atoms with Gasteiger partial charge in [0.2, 0.25) is 0 Å². The summed E-state index contributed by atoms with van der Waals surface area (Å²) in [5.74, 6) is 0. The van der Waals surface area contributed by atoms with Crippen molar-refractivity contribution in [1.82, 2.24) is 9.78 Å². The van der Waals surface area contributed by atoms with Crippen molar-refractivity contribution < 1.29 is 0 Å². The molecule has 2 rings (SSSR count). The molecule has 0 saturated heterocycles. The Bertz CT molecular complexity index is 560. The van der Waals surface area contributed by atoms with Gasteiger partial charge in [0.25, 0.3) is 0 Å². The summed E-state index contributed by atoms with van der Waals surface area (Å²) < 4.78 is 1.92. The molecule has 0 bridgehead atoms. The van der Waals surface area contributed by atoms with E-state index >= 15 is 0 Å². The molecule has 19 heavy (non-hydrogen) atoms. The van der Waals surface area contributed by atoms with Gasteiger partial charge >= 0.3 is 0 Å². The van der Waals surface area contributed by atoms with Crippen LogP contribution in [0.1, 0.15) is 29.0 Å². The lowest BCUT2D eigenvalue weighted by molar-refractivity contribution is 0.680. The fourth-order valence-electron chi connectivity index (χ4n) is 2.15.